The normalized spacial score (nSPS) is 30.8. The van der Waals surface area contributed by atoms with Crippen LogP contribution in [0.15, 0.2) is 18.2 Å². The minimum absolute atomic E-state index is 0.214. The summed E-state index contributed by atoms with van der Waals surface area (Å²) in [6, 6.07) is 5.24. The first-order valence-corrected chi connectivity index (χ1v) is 7.69. The predicted molar refractivity (Wildman–Crippen MR) is 76.8 cm³/mol. The highest BCUT2D eigenvalue weighted by atomic mass is 35.5. The summed E-state index contributed by atoms with van der Waals surface area (Å²) in [6.45, 7) is 3.20. The van der Waals surface area contributed by atoms with Crippen molar-refractivity contribution in [1.29, 1.82) is 0 Å². The molecular weight excluding hydrogens is 261 g/mol. The Bertz CT molecular complexity index is 462. The summed E-state index contributed by atoms with van der Waals surface area (Å²) in [5.41, 5.74) is 1.06. The van der Waals surface area contributed by atoms with Crippen LogP contribution in [0.4, 0.5) is 4.39 Å². The van der Waals surface area contributed by atoms with Crippen LogP contribution in [0.3, 0.4) is 0 Å². The molecule has 1 N–H and O–H groups in total. The minimum atomic E-state index is -0.342. The number of rotatable bonds is 4. The van der Waals surface area contributed by atoms with Gasteiger partial charge in [-0.2, -0.15) is 0 Å². The Kier molecular flexibility index (Phi) is 3.81. The lowest BCUT2D eigenvalue weighted by Crippen LogP contribution is -2.28. The average molecular weight is 282 g/mol. The summed E-state index contributed by atoms with van der Waals surface area (Å²) in [6.07, 6.45) is 5.72. The highest BCUT2D eigenvalue weighted by molar-refractivity contribution is 6.30. The van der Waals surface area contributed by atoms with Crippen molar-refractivity contribution in [3.8, 4) is 0 Å². The number of hydrogen-bond acceptors (Lipinski definition) is 1. The lowest BCUT2D eigenvalue weighted by Gasteiger charge is -2.24. The molecule has 0 amide bonds. The van der Waals surface area contributed by atoms with E-state index in [0.717, 1.165) is 29.9 Å². The third-order valence-corrected chi connectivity index (χ3v) is 5.30. The van der Waals surface area contributed by atoms with Gasteiger partial charge in [0.2, 0.25) is 0 Å². The molecule has 4 atom stereocenters. The van der Waals surface area contributed by atoms with Gasteiger partial charge in [-0.1, -0.05) is 24.1 Å². The molecule has 0 aliphatic heterocycles. The van der Waals surface area contributed by atoms with Crippen LogP contribution in [0, 0.1) is 23.6 Å². The van der Waals surface area contributed by atoms with Crippen molar-refractivity contribution in [2.75, 3.05) is 6.54 Å². The molecule has 2 aliphatic rings. The van der Waals surface area contributed by atoms with Gasteiger partial charge in [0.1, 0.15) is 5.82 Å². The number of benzene rings is 1. The molecule has 2 fully saturated rings. The van der Waals surface area contributed by atoms with Gasteiger partial charge >= 0.3 is 0 Å². The smallest absolute Gasteiger partial charge is 0.141 e. The molecular formula is C16H21ClFN. The zero-order valence-corrected chi connectivity index (χ0v) is 12.1. The van der Waals surface area contributed by atoms with Crippen molar-refractivity contribution in [3.05, 3.63) is 34.6 Å². The van der Waals surface area contributed by atoms with E-state index in [1.807, 2.05) is 6.07 Å². The van der Waals surface area contributed by atoms with E-state index in [1.54, 1.807) is 6.07 Å². The van der Waals surface area contributed by atoms with Crippen LogP contribution in [0.5, 0.6) is 0 Å². The summed E-state index contributed by atoms with van der Waals surface area (Å²) in [7, 11) is 0. The maximum atomic E-state index is 13.1. The van der Waals surface area contributed by atoms with Crippen LogP contribution in [0.1, 0.15) is 44.2 Å². The van der Waals surface area contributed by atoms with Crippen molar-refractivity contribution in [3.63, 3.8) is 0 Å². The van der Waals surface area contributed by atoms with Crippen LogP contribution >= 0.6 is 11.6 Å². The first-order chi connectivity index (χ1) is 9.13. The van der Waals surface area contributed by atoms with Gasteiger partial charge < -0.3 is 5.32 Å². The molecule has 19 heavy (non-hydrogen) atoms. The molecule has 3 heteroatoms. The fourth-order valence-corrected chi connectivity index (χ4v) is 4.04. The van der Waals surface area contributed by atoms with E-state index < -0.39 is 0 Å². The van der Waals surface area contributed by atoms with E-state index in [4.69, 9.17) is 11.6 Å². The summed E-state index contributed by atoms with van der Waals surface area (Å²) >= 11 is 5.83. The first kappa shape index (κ1) is 13.4. The van der Waals surface area contributed by atoms with Crippen LogP contribution in [0.25, 0.3) is 0 Å². The van der Waals surface area contributed by atoms with Crippen molar-refractivity contribution >= 4 is 11.6 Å². The van der Waals surface area contributed by atoms with Crippen molar-refractivity contribution in [2.24, 2.45) is 17.8 Å². The van der Waals surface area contributed by atoms with Gasteiger partial charge in [0.15, 0.2) is 0 Å². The second-order valence-corrected chi connectivity index (χ2v) is 6.65. The molecule has 1 aromatic rings. The number of hydrogen-bond donors (Lipinski definition) is 1. The maximum Gasteiger partial charge on any atom is 0.141 e. The summed E-state index contributed by atoms with van der Waals surface area (Å²) < 4.78 is 13.1. The molecule has 1 aromatic carbocycles. The Morgan fingerprint density at radius 2 is 2.21 bits per heavy atom. The monoisotopic (exact) mass is 281 g/mol. The standard InChI is InChI=1S/C16H21ClFN/c1-10(12-4-5-16(18)15(17)8-12)19-9-14-7-11-2-3-13(14)6-11/h4-5,8,10-11,13-14,19H,2-3,6-7,9H2,1H3. The zero-order valence-electron chi connectivity index (χ0n) is 11.3. The molecule has 2 bridgehead atoms. The summed E-state index contributed by atoms with van der Waals surface area (Å²) in [5.74, 6) is 2.44. The molecule has 0 aromatic heterocycles. The Morgan fingerprint density at radius 1 is 1.37 bits per heavy atom. The third-order valence-electron chi connectivity index (χ3n) is 5.01. The second-order valence-electron chi connectivity index (χ2n) is 6.24. The highest BCUT2D eigenvalue weighted by Crippen LogP contribution is 2.48. The van der Waals surface area contributed by atoms with Gasteiger partial charge in [0.25, 0.3) is 0 Å². The van der Waals surface area contributed by atoms with E-state index in [-0.39, 0.29) is 16.9 Å². The molecule has 2 aliphatic carbocycles. The SMILES string of the molecule is CC(NCC1CC2CCC1C2)c1ccc(F)c(Cl)c1. The fourth-order valence-electron chi connectivity index (χ4n) is 3.85. The maximum absolute atomic E-state index is 13.1. The van der Waals surface area contributed by atoms with E-state index >= 15 is 0 Å². The van der Waals surface area contributed by atoms with Crippen LogP contribution in [0.2, 0.25) is 5.02 Å². The lowest BCUT2D eigenvalue weighted by molar-refractivity contribution is 0.309. The second kappa shape index (κ2) is 5.41. The molecule has 0 radical (unpaired) electrons. The first-order valence-electron chi connectivity index (χ1n) is 7.32. The van der Waals surface area contributed by atoms with Crippen molar-refractivity contribution in [1.82, 2.24) is 5.32 Å². The van der Waals surface area contributed by atoms with E-state index in [1.165, 1.54) is 31.7 Å². The van der Waals surface area contributed by atoms with E-state index in [0.29, 0.717) is 0 Å². The number of fused-ring (bicyclic) bond motifs is 2. The van der Waals surface area contributed by atoms with Gasteiger partial charge in [0.05, 0.1) is 5.02 Å². The molecule has 0 heterocycles. The van der Waals surface area contributed by atoms with Crippen molar-refractivity contribution < 1.29 is 4.39 Å². The van der Waals surface area contributed by atoms with Crippen LogP contribution in [-0.4, -0.2) is 6.54 Å². The third kappa shape index (κ3) is 2.80. The zero-order chi connectivity index (χ0) is 13.4. The predicted octanol–water partition coefficient (Wildman–Crippen LogP) is 4.57. The number of nitrogens with one attached hydrogen (secondary N) is 1. The molecule has 1 nitrogen and oxygen atoms in total. The molecule has 4 unspecified atom stereocenters. The molecule has 3 rings (SSSR count). The largest absolute Gasteiger partial charge is 0.310 e. The quantitative estimate of drug-likeness (QED) is 0.853. The van der Waals surface area contributed by atoms with Crippen LogP contribution < -0.4 is 5.32 Å². The summed E-state index contributed by atoms with van der Waals surface area (Å²) in [5, 5.41) is 3.81. The lowest BCUT2D eigenvalue weighted by atomic mass is 9.88. The molecule has 104 valence electrons. The molecule has 0 spiro atoms. The van der Waals surface area contributed by atoms with E-state index in [9.17, 15) is 4.39 Å². The van der Waals surface area contributed by atoms with Gasteiger partial charge in [-0.25, -0.2) is 4.39 Å². The van der Waals surface area contributed by atoms with Gasteiger partial charge in [-0.15, -0.1) is 0 Å². The Hall–Kier alpha value is -0.600. The van der Waals surface area contributed by atoms with Gasteiger partial charge in [0, 0.05) is 6.04 Å². The average Bonchev–Trinajstić information content (AvgIpc) is 3.01. The van der Waals surface area contributed by atoms with Gasteiger partial charge in [-0.3, -0.25) is 0 Å². The summed E-state index contributed by atoms with van der Waals surface area (Å²) in [4.78, 5) is 0. The van der Waals surface area contributed by atoms with Crippen molar-refractivity contribution in [2.45, 2.75) is 38.6 Å². The highest BCUT2D eigenvalue weighted by Gasteiger charge is 2.39. The Balaban J connectivity index is 1.56. The Labute approximate surface area is 119 Å². The molecule has 2 saturated carbocycles. The molecule has 0 saturated heterocycles. The Morgan fingerprint density at radius 3 is 2.84 bits per heavy atom. The van der Waals surface area contributed by atoms with E-state index in [2.05, 4.69) is 12.2 Å². The minimum Gasteiger partial charge on any atom is -0.310 e. The fraction of sp³-hybridized carbons (Fsp3) is 0.625. The van der Waals surface area contributed by atoms with Gasteiger partial charge in [-0.05, 0) is 68.2 Å². The number of halogens is 2. The topological polar surface area (TPSA) is 12.0 Å². The van der Waals surface area contributed by atoms with Crippen LogP contribution in [-0.2, 0) is 0 Å².